The van der Waals surface area contributed by atoms with Gasteiger partial charge in [0.15, 0.2) is 0 Å². The van der Waals surface area contributed by atoms with Crippen LogP contribution in [0.5, 0.6) is 0 Å². The number of rotatable bonds is 5. The van der Waals surface area contributed by atoms with E-state index in [0.717, 1.165) is 23.4 Å². The fraction of sp³-hybridized carbons (Fsp3) is 0.261. The number of carboxylic acid groups (broad SMARTS) is 1. The maximum atomic E-state index is 12.7. The molecule has 1 unspecified atom stereocenters. The predicted molar refractivity (Wildman–Crippen MR) is 111 cm³/mol. The van der Waals surface area contributed by atoms with Crippen molar-refractivity contribution in [1.29, 1.82) is 0 Å². The van der Waals surface area contributed by atoms with E-state index in [9.17, 15) is 23.1 Å². The van der Waals surface area contributed by atoms with Gasteiger partial charge in [0.2, 0.25) is 0 Å². The van der Waals surface area contributed by atoms with Crippen LogP contribution in [-0.2, 0) is 4.74 Å². The lowest BCUT2D eigenvalue weighted by molar-refractivity contribution is -0.0887. The number of nitrogens with zero attached hydrogens (tertiary/aromatic N) is 2. The third-order valence-corrected chi connectivity index (χ3v) is 5.28. The summed E-state index contributed by atoms with van der Waals surface area (Å²) in [7, 11) is 0. The Bertz CT molecular complexity index is 1020. The lowest BCUT2D eigenvalue weighted by atomic mass is 10.0. The molecule has 0 spiro atoms. The zero-order valence-electron chi connectivity index (χ0n) is 16.4. The number of aromatic carboxylic acids is 1. The Labute approximate surface area is 177 Å². The van der Waals surface area contributed by atoms with Gasteiger partial charge in [-0.05, 0) is 29.7 Å². The zero-order chi connectivity index (χ0) is 22.0. The molecule has 31 heavy (non-hydrogen) atoms. The van der Waals surface area contributed by atoms with Crippen molar-refractivity contribution < 1.29 is 27.8 Å². The van der Waals surface area contributed by atoms with Crippen LogP contribution >= 0.6 is 0 Å². The molecule has 0 aliphatic carbocycles. The molecule has 2 atom stereocenters. The van der Waals surface area contributed by atoms with Gasteiger partial charge in [-0.15, -0.1) is 0 Å². The van der Waals surface area contributed by atoms with E-state index in [-0.39, 0.29) is 11.7 Å². The van der Waals surface area contributed by atoms with Crippen LogP contribution < -0.4 is 4.90 Å². The third-order valence-electron chi connectivity index (χ3n) is 5.28. The van der Waals surface area contributed by atoms with Gasteiger partial charge in [0.1, 0.15) is 0 Å². The Kier molecular flexibility index (Phi) is 5.73. The molecule has 1 saturated heterocycles. The number of hydrogen-bond acceptors (Lipinski definition) is 3. The molecule has 0 saturated carbocycles. The second-order valence-electron chi connectivity index (χ2n) is 7.38. The van der Waals surface area contributed by atoms with Crippen molar-refractivity contribution in [1.82, 2.24) is 0 Å². The van der Waals surface area contributed by atoms with Crippen molar-refractivity contribution in [3.63, 3.8) is 0 Å². The van der Waals surface area contributed by atoms with Gasteiger partial charge in [0, 0.05) is 24.9 Å². The number of halogens is 3. The van der Waals surface area contributed by atoms with E-state index in [2.05, 4.69) is 5.32 Å². The average molecular weight is 429 g/mol. The molecule has 0 amide bonds. The first-order chi connectivity index (χ1) is 14.8. The van der Waals surface area contributed by atoms with E-state index in [1.165, 1.54) is 6.08 Å². The number of hydrogen-bond donors (Lipinski definition) is 1. The minimum absolute atomic E-state index is 0.196. The number of alkyl halides is 3. The molecule has 2 aliphatic rings. The molecule has 4 rings (SSSR count). The first-order valence-corrected chi connectivity index (χ1v) is 9.80. The molecule has 2 aliphatic heterocycles. The number of benzene rings is 2. The molecule has 2 aromatic rings. The summed E-state index contributed by atoms with van der Waals surface area (Å²) in [5.41, 5.74) is 1.71. The smallest absolute Gasteiger partial charge is 0.414 e. The van der Waals surface area contributed by atoms with E-state index >= 15 is 0 Å². The summed E-state index contributed by atoms with van der Waals surface area (Å²) in [4.78, 5) is 13.8. The fourth-order valence-electron chi connectivity index (χ4n) is 3.73. The van der Waals surface area contributed by atoms with Crippen LogP contribution in [0.25, 0.3) is 16.4 Å². The van der Waals surface area contributed by atoms with Gasteiger partial charge in [0.05, 0.1) is 17.4 Å². The van der Waals surface area contributed by atoms with Gasteiger partial charge >= 0.3 is 12.1 Å². The SMILES string of the molecule is O=C(O)c1cc(-c2ccccc2)ccc1N1CC[C@H](OC2C=CC(C(F)(F)F)=C[N-]2)C1. The van der Waals surface area contributed by atoms with Crippen molar-refractivity contribution in [2.24, 2.45) is 0 Å². The summed E-state index contributed by atoms with van der Waals surface area (Å²) in [6.45, 7) is 1.01. The van der Waals surface area contributed by atoms with Crippen molar-refractivity contribution in [3.05, 3.63) is 83.3 Å². The highest BCUT2D eigenvalue weighted by Gasteiger charge is 2.32. The molecular weight excluding hydrogens is 409 g/mol. The highest BCUT2D eigenvalue weighted by molar-refractivity contribution is 5.96. The molecule has 0 radical (unpaired) electrons. The molecule has 162 valence electrons. The quantitative estimate of drug-likeness (QED) is 0.695. The third kappa shape index (κ3) is 4.74. The fourth-order valence-corrected chi connectivity index (χ4v) is 3.73. The van der Waals surface area contributed by atoms with E-state index < -0.39 is 23.9 Å². The van der Waals surface area contributed by atoms with Crippen LogP contribution in [-0.4, -0.2) is 42.7 Å². The minimum Gasteiger partial charge on any atom is -0.662 e. The van der Waals surface area contributed by atoms with Gasteiger partial charge in [-0.3, -0.25) is 0 Å². The van der Waals surface area contributed by atoms with Gasteiger partial charge in [-0.25, -0.2) is 4.79 Å². The molecule has 8 heteroatoms. The lowest BCUT2D eigenvalue weighted by Crippen LogP contribution is -2.27. The standard InChI is InChI=1S/C23H20F3N2O3/c24-23(25,26)17-7-9-21(27-13-17)31-18-10-11-28(14-18)20-8-6-16(12-19(20)22(29)30)15-4-2-1-3-5-15/h1-9,12-13,18,21H,10-11,14H2,(H,29,30)/q-1/t18-,21?/m0/s1. The Hall–Kier alpha value is -3.26. The Morgan fingerprint density at radius 3 is 2.55 bits per heavy atom. The molecule has 5 nitrogen and oxygen atoms in total. The number of carbonyl (C=O) groups is 1. The number of anilines is 1. The predicted octanol–water partition coefficient (Wildman–Crippen LogP) is 5.36. The van der Waals surface area contributed by atoms with E-state index in [1.807, 2.05) is 41.3 Å². The van der Waals surface area contributed by atoms with Crippen LogP contribution in [0, 0.1) is 0 Å². The first-order valence-electron chi connectivity index (χ1n) is 9.80. The average Bonchev–Trinajstić information content (AvgIpc) is 3.22. The monoisotopic (exact) mass is 429 g/mol. The van der Waals surface area contributed by atoms with E-state index in [4.69, 9.17) is 4.74 Å². The van der Waals surface area contributed by atoms with E-state index in [0.29, 0.717) is 25.2 Å². The van der Waals surface area contributed by atoms with Crippen LogP contribution in [0.4, 0.5) is 18.9 Å². The van der Waals surface area contributed by atoms with Crippen molar-refractivity contribution >= 4 is 11.7 Å². The van der Waals surface area contributed by atoms with Crippen LogP contribution in [0.2, 0.25) is 0 Å². The molecular formula is C23H20F3N2O3-. The summed E-state index contributed by atoms with van der Waals surface area (Å²) in [6, 6.07) is 14.8. The largest absolute Gasteiger partial charge is 0.662 e. The summed E-state index contributed by atoms with van der Waals surface area (Å²) in [6.07, 6.45) is -1.84. The maximum Gasteiger partial charge on any atom is 0.414 e. The van der Waals surface area contributed by atoms with Gasteiger partial charge in [0.25, 0.3) is 0 Å². The Morgan fingerprint density at radius 1 is 1.13 bits per heavy atom. The minimum atomic E-state index is -4.44. The van der Waals surface area contributed by atoms with E-state index in [1.54, 1.807) is 12.1 Å². The summed E-state index contributed by atoms with van der Waals surface area (Å²) < 4.78 is 43.8. The van der Waals surface area contributed by atoms with Gasteiger partial charge in [-0.2, -0.15) is 19.4 Å². The second-order valence-corrected chi connectivity index (χ2v) is 7.38. The van der Waals surface area contributed by atoms with Crippen molar-refractivity contribution in [2.75, 3.05) is 18.0 Å². The lowest BCUT2D eigenvalue weighted by Gasteiger charge is -2.34. The van der Waals surface area contributed by atoms with Crippen LogP contribution in [0.3, 0.4) is 0 Å². The topological polar surface area (TPSA) is 63.9 Å². The summed E-state index contributed by atoms with van der Waals surface area (Å²) in [5.74, 6) is -1.02. The highest BCUT2D eigenvalue weighted by Crippen LogP contribution is 2.33. The van der Waals surface area contributed by atoms with Crippen LogP contribution in [0.15, 0.2) is 72.5 Å². The van der Waals surface area contributed by atoms with Gasteiger partial charge < -0.3 is 20.1 Å². The van der Waals surface area contributed by atoms with Crippen molar-refractivity contribution in [2.45, 2.75) is 24.9 Å². The second kappa shape index (κ2) is 8.47. The molecule has 0 aromatic heterocycles. The summed E-state index contributed by atoms with van der Waals surface area (Å²) >= 11 is 0. The Morgan fingerprint density at radius 2 is 1.90 bits per heavy atom. The molecule has 2 heterocycles. The molecule has 2 aromatic carbocycles. The number of ether oxygens (including phenoxy) is 1. The zero-order valence-corrected chi connectivity index (χ0v) is 16.4. The maximum absolute atomic E-state index is 12.7. The number of allylic oxidation sites excluding steroid dienone is 2. The van der Waals surface area contributed by atoms with Gasteiger partial charge in [-0.1, -0.05) is 48.6 Å². The van der Waals surface area contributed by atoms with Crippen LogP contribution in [0.1, 0.15) is 16.8 Å². The Balaban J connectivity index is 1.44. The highest BCUT2D eigenvalue weighted by atomic mass is 19.4. The molecule has 1 N–H and O–H groups in total. The van der Waals surface area contributed by atoms with Crippen molar-refractivity contribution in [3.8, 4) is 11.1 Å². The first kappa shape index (κ1) is 21.0. The normalized spacial score (nSPS) is 21.0. The molecule has 0 bridgehead atoms. The molecule has 1 fully saturated rings. The number of carboxylic acids is 1. The summed E-state index contributed by atoms with van der Waals surface area (Å²) in [5, 5.41) is 13.6.